The molecule has 1 aromatic carbocycles. The molecule has 1 N–H and O–H groups in total. The van der Waals surface area contributed by atoms with E-state index < -0.39 is 0 Å². The van der Waals surface area contributed by atoms with Crippen LogP contribution < -0.4 is 5.32 Å². The molecule has 0 aromatic heterocycles. The van der Waals surface area contributed by atoms with E-state index in [0.29, 0.717) is 13.2 Å². The normalized spacial score (nSPS) is 24.6. The van der Waals surface area contributed by atoms with Gasteiger partial charge in [0.15, 0.2) is 0 Å². The summed E-state index contributed by atoms with van der Waals surface area (Å²) >= 11 is 0. The van der Waals surface area contributed by atoms with E-state index in [1.807, 2.05) is 4.90 Å². The first kappa shape index (κ1) is 14.5. The van der Waals surface area contributed by atoms with Gasteiger partial charge in [-0.05, 0) is 36.5 Å². The van der Waals surface area contributed by atoms with Gasteiger partial charge >= 0.3 is 0 Å². The molecule has 2 atom stereocenters. The van der Waals surface area contributed by atoms with Crippen LogP contribution in [0.5, 0.6) is 0 Å². The monoisotopic (exact) mass is 292 g/mol. The molecule has 1 saturated carbocycles. The van der Waals surface area contributed by atoms with Crippen molar-refractivity contribution >= 4 is 5.91 Å². The van der Waals surface area contributed by atoms with Crippen LogP contribution in [0.2, 0.25) is 0 Å². The van der Waals surface area contributed by atoms with Crippen molar-refractivity contribution in [2.75, 3.05) is 20.3 Å². The fourth-order valence-corrected chi connectivity index (χ4v) is 3.05. The number of carbonyl (C=O) groups excluding carboxylic acids is 1. The third kappa shape index (κ3) is 2.68. The molecule has 0 radical (unpaired) electrons. The van der Waals surface area contributed by atoms with Gasteiger partial charge in [-0.3, -0.25) is 10.1 Å². The highest BCUT2D eigenvalue weighted by Gasteiger charge is 2.59. The van der Waals surface area contributed by atoms with Crippen LogP contribution in [0.1, 0.15) is 31.5 Å². The predicted octanol–water partition coefficient (Wildman–Crippen LogP) is 2.07. The molecule has 2 aliphatic rings. The smallest absolute Gasteiger partial charge is 0.244 e. The second-order valence-electron chi connectivity index (χ2n) is 6.20. The Bertz CT molecular complexity index is 528. The Hall–Kier alpha value is -1.46. The molecule has 1 aliphatic carbocycles. The standard InChI is InChI=1S/C16H21FN2O2/c1-11(10-21-2)9-19-14(12-3-5-13(17)6-4-12)18-16(7-8-16)15(19)20/h3-6,11,14,18H,7-10H2,1-2H3. The van der Waals surface area contributed by atoms with E-state index in [4.69, 9.17) is 4.74 Å². The summed E-state index contributed by atoms with van der Waals surface area (Å²) in [6.45, 7) is 3.33. The molecular weight excluding hydrogens is 271 g/mol. The summed E-state index contributed by atoms with van der Waals surface area (Å²) in [5.41, 5.74) is 0.560. The van der Waals surface area contributed by atoms with Gasteiger partial charge in [0.2, 0.25) is 5.91 Å². The molecule has 5 heteroatoms. The van der Waals surface area contributed by atoms with Crippen molar-refractivity contribution in [2.45, 2.75) is 31.5 Å². The van der Waals surface area contributed by atoms with Crippen LogP contribution in [0.25, 0.3) is 0 Å². The Morgan fingerprint density at radius 1 is 1.43 bits per heavy atom. The van der Waals surface area contributed by atoms with Gasteiger partial charge in [-0.15, -0.1) is 0 Å². The molecule has 1 spiro atoms. The van der Waals surface area contributed by atoms with Crippen LogP contribution in [0, 0.1) is 11.7 Å². The highest BCUT2D eigenvalue weighted by atomic mass is 19.1. The van der Waals surface area contributed by atoms with E-state index in [-0.39, 0.29) is 29.3 Å². The molecule has 21 heavy (non-hydrogen) atoms. The minimum absolute atomic E-state index is 0.166. The molecule has 1 saturated heterocycles. The second kappa shape index (κ2) is 5.39. The zero-order valence-corrected chi connectivity index (χ0v) is 12.4. The van der Waals surface area contributed by atoms with Crippen LogP contribution in [-0.4, -0.2) is 36.6 Å². The van der Waals surface area contributed by atoms with E-state index in [1.165, 1.54) is 12.1 Å². The van der Waals surface area contributed by atoms with Crippen LogP contribution in [0.3, 0.4) is 0 Å². The summed E-state index contributed by atoms with van der Waals surface area (Å²) in [6, 6.07) is 6.37. The maximum atomic E-state index is 13.1. The van der Waals surface area contributed by atoms with Crippen LogP contribution in [0.15, 0.2) is 24.3 Å². The van der Waals surface area contributed by atoms with Crippen LogP contribution >= 0.6 is 0 Å². The first-order valence-corrected chi connectivity index (χ1v) is 7.39. The van der Waals surface area contributed by atoms with Crippen molar-refractivity contribution in [3.05, 3.63) is 35.6 Å². The van der Waals surface area contributed by atoms with E-state index in [0.717, 1.165) is 18.4 Å². The molecule has 0 bridgehead atoms. The number of halogens is 1. The Kier molecular flexibility index (Phi) is 3.71. The number of ether oxygens (including phenoxy) is 1. The topological polar surface area (TPSA) is 41.6 Å². The zero-order valence-electron chi connectivity index (χ0n) is 12.4. The molecule has 3 rings (SSSR count). The van der Waals surface area contributed by atoms with Gasteiger partial charge in [-0.1, -0.05) is 19.1 Å². The number of nitrogens with zero attached hydrogens (tertiary/aromatic N) is 1. The second-order valence-corrected chi connectivity index (χ2v) is 6.20. The number of carbonyl (C=O) groups is 1. The first-order valence-electron chi connectivity index (χ1n) is 7.39. The van der Waals surface area contributed by atoms with Crippen molar-refractivity contribution in [1.29, 1.82) is 0 Å². The minimum atomic E-state index is -0.369. The van der Waals surface area contributed by atoms with Crippen LogP contribution in [0.4, 0.5) is 4.39 Å². The molecular formula is C16H21FN2O2. The summed E-state index contributed by atoms with van der Waals surface area (Å²) in [5, 5.41) is 3.44. The Morgan fingerprint density at radius 2 is 2.10 bits per heavy atom. The molecule has 1 aromatic rings. The molecule has 1 aliphatic heterocycles. The van der Waals surface area contributed by atoms with Gasteiger partial charge in [0, 0.05) is 13.7 Å². The van der Waals surface area contributed by atoms with E-state index in [9.17, 15) is 9.18 Å². The fourth-order valence-electron chi connectivity index (χ4n) is 3.05. The number of nitrogens with one attached hydrogen (secondary N) is 1. The van der Waals surface area contributed by atoms with Gasteiger partial charge in [0.05, 0.1) is 6.61 Å². The maximum Gasteiger partial charge on any atom is 0.244 e. The third-order valence-electron chi connectivity index (χ3n) is 4.29. The number of benzene rings is 1. The van der Waals surface area contributed by atoms with Crippen molar-refractivity contribution in [2.24, 2.45) is 5.92 Å². The van der Waals surface area contributed by atoms with Gasteiger partial charge < -0.3 is 9.64 Å². The maximum absolute atomic E-state index is 13.1. The summed E-state index contributed by atoms with van der Waals surface area (Å²) in [5.74, 6) is 0.167. The average molecular weight is 292 g/mol. The van der Waals surface area contributed by atoms with Crippen molar-refractivity contribution in [3.63, 3.8) is 0 Å². The third-order valence-corrected chi connectivity index (χ3v) is 4.29. The number of amides is 1. The Labute approximate surface area is 124 Å². The van der Waals surface area contributed by atoms with Crippen molar-refractivity contribution in [3.8, 4) is 0 Å². The van der Waals surface area contributed by atoms with Gasteiger partial charge in [0.1, 0.15) is 17.5 Å². The quantitative estimate of drug-likeness (QED) is 0.903. The lowest BCUT2D eigenvalue weighted by Gasteiger charge is -2.27. The number of rotatable bonds is 5. The summed E-state index contributed by atoms with van der Waals surface area (Å²) in [4.78, 5) is 14.5. The molecule has 1 heterocycles. The van der Waals surface area contributed by atoms with Crippen molar-refractivity contribution in [1.82, 2.24) is 10.2 Å². The highest BCUT2D eigenvalue weighted by Crippen LogP contribution is 2.46. The SMILES string of the molecule is COCC(C)CN1C(=O)C2(CC2)NC1c1ccc(F)cc1. The summed E-state index contributed by atoms with van der Waals surface area (Å²) in [6.07, 6.45) is 1.61. The Balaban J connectivity index is 1.82. The van der Waals surface area contributed by atoms with Crippen LogP contribution in [-0.2, 0) is 9.53 Å². The van der Waals surface area contributed by atoms with Gasteiger partial charge in [-0.2, -0.15) is 0 Å². The molecule has 1 amide bonds. The number of hydrogen-bond acceptors (Lipinski definition) is 3. The highest BCUT2D eigenvalue weighted by molar-refractivity contribution is 5.92. The van der Waals surface area contributed by atoms with E-state index in [1.54, 1.807) is 19.2 Å². The minimum Gasteiger partial charge on any atom is -0.384 e. The fraction of sp³-hybridized carbons (Fsp3) is 0.562. The van der Waals surface area contributed by atoms with E-state index in [2.05, 4.69) is 12.2 Å². The first-order chi connectivity index (χ1) is 10.1. The predicted molar refractivity (Wildman–Crippen MR) is 77.0 cm³/mol. The molecule has 114 valence electrons. The Morgan fingerprint density at radius 3 is 2.67 bits per heavy atom. The largest absolute Gasteiger partial charge is 0.384 e. The number of methoxy groups -OCH3 is 1. The zero-order chi connectivity index (χ0) is 15.0. The molecule has 4 nitrogen and oxygen atoms in total. The van der Waals surface area contributed by atoms with Crippen molar-refractivity contribution < 1.29 is 13.9 Å². The molecule has 2 fully saturated rings. The van der Waals surface area contributed by atoms with Gasteiger partial charge in [0.25, 0.3) is 0 Å². The lowest BCUT2D eigenvalue weighted by molar-refractivity contribution is -0.131. The molecule has 2 unspecified atom stereocenters. The summed E-state index contributed by atoms with van der Waals surface area (Å²) < 4.78 is 18.3. The summed E-state index contributed by atoms with van der Waals surface area (Å²) in [7, 11) is 1.67. The lowest BCUT2D eigenvalue weighted by atomic mass is 10.1. The average Bonchev–Trinajstić information content (AvgIpc) is 3.19. The number of hydrogen-bond donors (Lipinski definition) is 1. The lowest BCUT2D eigenvalue weighted by Crippen LogP contribution is -2.36. The van der Waals surface area contributed by atoms with E-state index >= 15 is 0 Å². The van der Waals surface area contributed by atoms with Gasteiger partial charge in [-0.25, -0.2) is 4.39 Å².